The second kappa shape index (κ2) is 11.0. The number of carbonyl (C=O) groups excluding carboxylic acids is 2. The molecule has 0 spiro atoms. The van der Waals surface area contributed by atoms with E-state index in [-0.39, 0.29) is 0 Å². The average Bonchev–Trinajstić information content (AvgIpc) is 2.41. The molecule has 0 amide bonds. The van der Waals surface area contributed by atoms with Crippen LogP contribution in [0, 0.1) is 11.3 Å². The van der Waals surface area contributed by atoms with Gasteiger partial charge in [0.15, 0.2) is 0 Å². The molecule has 0 saturated carbocycles. The zero-order valence-corrected chi connectivity index (χ0v) is 15.0. The van der Waals surface area contributed by atoms with Crippen molar-refractivity contribution >= 4 is 11.6 Å². The fraction of sp³-hybridized carbons (Fsp3) is 0.895. The minimum atomic E-state index is 0.346. The molecule has 1 unspecified atom stereocenters. The smallest absolute Gasteiger partial charge is 0.132 e. The summed E-state index contributed by atoms with van der Waals surface area (Å²) in [4.78, 5) is 22.9. The number of hydrogen-bond donors (Lipinski definition) is 0. The highest BCUT2D eigenvalue weighted by molar-refractivity contribution is 5.78. The van der Waals surface area contributed by atoms with Gasteiger partial charge in [-0.3, -0.25) is 9.59 Å². The topological polar surface area (TPSA) is 34.1 Å². The normalized spacial score (nSPS) is 13.2. The van der Waals surface area contributed by atoms with Crippen molar-refractivity contribution in [2.24, 2.45) is 11.3 Å². The first kappa shape index (κ1) is 20.3. The number of carbonyl (C=O) groups is 2. The lowest BCUT2D eigenvalue weighted by Gasteiger charge is -2.27. The third-order valence-electron chi connectivity index (χ3n) is 4.63. The number of ketones is 2. The fourth-order valence-electron chi connectivity index (χ4n) is 2.34. The summed E-state index contributed by atoms with van der Waals surface area (Å²) < 4.78 is 0. The Hall–Kier alpha value is -0.660. The number of hydrogen-bond acceptors (Lipinski definition) is 2. The summed E-state index contributed by atoms with van der Waals surface area (Å²) in [6, 6.07) is 0. The largest absolute Gasteiger partial charge is 0.300 e. The van der Waals surface area contributed by atoms with Gasteiger partial charge in [-0.25, -0.2) is 0 Å². The second-order valence-corrected chi connectivity index (χ2v) is 7.50. The van der Waals surface area contributed by atoms with Crippen molar-refractivity contribution in [2.45, 2.75) is 98.8 Å². The average molecular weight is 296 g/mol. The molecular formula is C19H36O2. The molecule has 0 radical (unpaired) electrons. The summed E-state index contributed by atoms with van der Waals surface area (Å²) in [7, 11) is 0. The minimum Gasteiger partial charge on any atom is -0.300 e. The number of unbranched alkanes of at least 4 members (excludes halogenated alkanes) is 3. The van der Waals surface area contributed by atoms with Crippen LogP contribution < -0.4 is 0 Å². The molecule has 2 nitrogen and oxygen atoms in total. The molecule has 0 fully saturated rings. The second-order valence-electron chi connectivity index (χ2n) is 7.50. The third-order valence-corrected chi connectivity index (χ3v) is 4.63. The van der Waals surface area contributed by atoms with E-state index in [1.165, 1.54) is 0 Å². The summed E-state index contributed by atoms with van der Waals surface area (Å²) >= 11 is 0. The van der Waals surface area contributed by atoms with Gasteiger partial charge in [-0.05, 0) is 37.0 Å². The molecule has 0 bridgehead atoms. The highest BCUT2D eigenvalue weighted by Gasteiger charge is 2.19. The SMILES string of the molecule is CCC(=O)CCCCCCC(=O)CCCC(C)C(C)(C)C. The Morgan fingerprint density at radius 2 is 1.29 bits per heavy atom. The van der Waals surface area contributed by atoms with Crippen LogP contribution >= 0.6 is 0 Å². The van der Waals surface area contributed by atoms with Crippen molar-refractivity contribution in [1.29, 1.82) is 0 Å². The van der Waals surface area contributed by atoms with Crippen LogP contribution in [0.25, 0.3) is 0 Å². The Morgan fingerprint density at radius 1 is 0.810 bits per heavy atom. The molecule has 0 N–H and O–H groups in total. The number of Topliss-reactive ketones (excluding diaryl/α,β-unsaturated/α-hetero) is 2. The molecule has 0 aromatic heterocycles. The monoisotopic (exact) mass is 296 g/mol. The van der Waals surface area contributed by atoms with Gasteiger partial charge >= 0.3 is 0 Å². The van der Waals surface area contributed by atoms with Crippen molar-refractivity contribution in [3.8, 4) is 0 Å². The van der Waals surface area contributed by atoms with Crippen LogP contribution in [0.3, 0.4) is 0 Å². The molecule has 0 aliphatic carbocycles. The Balaban J connectivity index is 3.49. The van der Waals surface area contributed by atoms with E-state index < -0.39 is 0 Å². The van der Waals surface area contributed by atoms with E-state index in [2.05, 4.69) is 27.7 Å². The van der Waals surface area contributed by atoms with E-state index in [9.17, 15) is 9.59 Å². The van der Waals surface area contributed by atoms with Gasteiger partial charge < -0.3 is 0 Å². The third kappa shape index (κ3) is 11.7. The van der Waals surface area contributed by atoms with Gasteiger partial charge in [-0.15, -0.1) is 0 Å². The molecule has 0 aromatic rings. The standard InChI is InChI=1S/C19H36O2/c1-6-17(20)13-9-7-8-10-14-18(21)15-11-12-16(2)19(3,4)5/h16H,6-15H2,1-5H3. The molecular weight excluding hydrogens is 260 g/mol. The van der Waals surface area contributed by atoms with E-state index >= 15 is 0 Å². The lowest BCUT2D eigenvalue weighted by molar-refractivity contribution is -0.120. The highest BCUT2D eigenvalue weighted by Crippen LogP contribution is 2.29. The lowest BCUT2D eigenvalue weighted by atomic mass is 9.79. The molecule has 21 heavy (non-hydrogen) atoms. The highest BCUT2D eigenvalue weighted by atomic mass is 16.1. The molecule has 124 valence electrons. The maximum absolute atomic E-state index is 11.8. The zero-order valence-electron chi connectivity index (χ0n) is 15.0. The van der Waals surface area contributed by atoms with Crippen molar-refractivity contribution in [3.05, 3.63) is 0 Å². The van der Waals surface area contributed by atoms with Crippen molar-refractivity contribution in [3.63, 3.8) is 0 Å². The van der Waals surface area contributed by atoms with E-state index in [0.717, 1.165) is 57.8 Å². The Kier molecular flexibility index (Phi) is 10.6. The van der Waals surface area contributed by atoms with Crippen LogP contribution in [0.2, 0.25) is 0 Å². The van der Waals surface area contributed by atoms with Gasteiger partial charge in [0.2, 0.25) is 0 Å². The first-order valence-electron chi connectivity index (χ1n) is 8.80. The first-order chi connectivity index (χ1) is 9.77. The van der Waals surface area contributed by atoms with Crippen molar-refractivity contribution < 1.29 is 9.59 Å². The lowest BCUT2D eigenvalue weighted by Crippen LogP contribution is -2.17. The maximum atomic E-state index is 11.8. The predicted octanol–water partition coefficient (Wildman–Crippen LogP) is 5.73. The van der Waals surface area contributed by atoms with E-state index in [4.69, 9.17) is 0 Å². The summed E-state index contributed by atoms with van der Waals surface area (Å²) in [6.07, 6.45) is 9.18. The zero-order chi connectivity index (χ0) is 16.3. The van der Waals surface area contributed by atoms with Gasteiger partial charge in [-0.1, -0.05) is 47.5 Å². The fourth-order valence-corrected chi connectivity index (χ4v) is 2.34. The van der Waals surface area contributed by atoms with Gasteiger partial charge in [0.25, 0.3) is 0 Å². The molecule has 2 heteroatoms. The van der Waals surface area contributed by atoms with Crippen LogP contribution in [0.4, 0.5) is 0 Å². The van der Waals surface area contributed by atoms with E-state index in [0.29, 0.717) is 29.3 Å². The molecule has 0 aliphatic rings. The summed E-state index contributed by atoms with van der Waals surface area (Å²) in [5, 5.41) is 0. The van der Waals surface area contributed by atoms with E-state index in [1.54, 1.807) is 0 Å². The maximum Gasteiger partial charge on any atom is 0.132 e. The molecule has 1 atom stereocenters. The first-order valence-corrected chi connectivity index (χ1v) is 8.80. The van der Waals surface area contributed by atoms with Crippen LogP contribution in [-0.2, 0) is 9.59 Å². The van der Waals surface area contributed by atoms with Crippen LogP contribution in [0.5, 0.6) is 0 Å². The summed E-state index contributed by atoms with van der Waals surface area (Å²) in [6.45, 7) is 11.0. The Labute approximate surface area is 132 Å². The Bertz CT molecular complexity index is 299. The predicted molar refractivity (Wildman–Crippen MR) is 90.5 cm³/mol. The minimum absolute atomic E-state index is 0.346. The molecule has 0 aromatic carbocycles. The van der Waals surface area contributed by atoms with Crippen LogP contribution in [0.1, 0.15) is 98.8 Å². The molecule has 0 heterocycles. The Morgan fingerprint density at radius 3 is 1.76 bits per heavy atom. The summed E-state index contributed by atoms with van der Waals surface area (Å²) in [5.74, 6) is 1.45. The van der Waals surface area contributed by atoms with E-state index in [1.807, 2.05) is 6.92 Å². The van der Waals surface area contributed by atoms with Crippen LogP contribution in [-0.4, -0.2) is 11.6 Å². The molecule has 0 rings (SSSR count). The number of rotatable bonds is 12. The van der Waals surface area contributed by atoms with Gasteiger partial charge in [-0.2, -0.15) is 0 Å². The molecule has 0 aliphatic heterocycles. The molecule has 0 saturated heterocycles. The van der Waals surface area contributed by atoms with Gasteiger partial charge in [0.05, 0.1) is 0 Å². The van der Waals surface area contributed by atoms with Gasteiger partial charge in [0.1, 0.15) is 11.6 Å². The van der Waals surface area contributed by atoms with Crippen molar-refractivity contribution in [1.82, 2.24) is 0 Å². The van der Waals surface area contributed by atoms with Gasteiger partial charge in [0, 0.05) is 25.7 Å². The summed E-state index contributed by atoms with van der Waals surface area (Å²) in [5.41, 5.74) is 0.346. The van der Waals surface area contributed by atoms with Crippen molar-refractivity contribution in [2.75, 3.05) is 0 Å². The van der Waals surface area contributed by atoms with Crippen LogP contribution in [0.15, 0.2) is 0 Å². The quantitative estimate of drug-likeness (QED) is 0.431.